The Balaban J connectivity index is 2.12. The maximum absolute atomic E-state index is 6.34. The van der Waals surface area contributed by atoms with Gasteiger partial charge in [0.05, 0.1) is 29.7 Å². The molecule has 1 aromatic carbocycles. The minimum Gasteiger partial charge on any atom is -0.463 e. The van der Waals surface area contributed by atoms with Gasteiger partial charge in [0.2, 0.25) is 4.80 Å². The number of benzene rings is 1. The summed E-state index contributed by atoms with van der Waals surface area (Å²) in [6.07, 6.45) is 4.96. The molecule has 0 saturated carbocycles. The smallest absolute Gasteiger partial charge is 0.206 e. The molecule has 0 bridgehead atoms. The molecular formula is C17H13Cl2N3OS. The van der Waals surface area contributed by atoms with E-state index >= 15 is 0 Å². The Morgan fingerprint density at radius 2 is 2.17 bits per heavy atom. The lowest BCUT2D eigenvalue weighted by molar-refractivity contribution is 0.559. The summed E-state index contributed by atoms with van der Waals surface area (Å²) in [5.41, 5.74) is 1.65. The predicted molar refractivity (Wildman–Crippen MR) is 100 cm³/mol. The van der Waals surface area contributed by atoms with Crippen LogP contribution in [-0.2, 0) is 0 Å². The lowest BCUT2D eigenvalue weighted by atomic mass is 10.2. The maximum Gasteiger partial charge on any atom is 0.206 e. The van der Waals surface area contributed by atoms with E-state index in [2.05, 4.69) is 16.7 Å². The lowest BCUT2D eigenvalue weighted by Crippen LogP contribution is -2.12. The van der Waals surface area contributed by atoms with E-state index in [-0.39, 0.29) is 0 Å². The van der Waals surface area contributed by atoms with Gasteiger partial charge in [-0.2, -0.15) is 5.10 Å². The van der Waals surface area contributed by atoms with Crippen molar-refractivity contribution in [3.63, 3.8) is 0 Å². The fourth-order valence-corrected chi connectivity index (χ4v) is 3.37. The van der Waals surface area contributed by atoms with Gasteiger partial charge in [-0.3, -0.25) is 4.99 Å². The quantitative estimate of drug-likeness (QED) is 0.451. The number of thiazole rings is 1. The zero-order valence-corrected chi connectivity index (χ0v) is 14.9. The Hall–Kier alpha value is -2.08. The zero-order chi connectivity index (χ0) is 16.9. The van der Waals surface area contributed by atoms with Crippen molar-refractivity contribution >= 4 is 40.8 Å². The summed E-state index contributed by atoms with van der Waals surface area (Å²) >= 11 is 13.8. The molecule has 24 heavy (non-hydrogen) atoms. The molecule has 7 heteroatoms. The first-order valence-electron chi connectivity index (χ1n) is 7.04. The van der Waals surface area contributed by atoms with Crippen molar-refractivity contribution < 1.29 is 4.42 Å². The molecule has 0 fully saturated rings. The molecule has 0 radical (unpaired) electrons. The van der Waals surface area contributed by atoms with E-state index < -0.39 is 0 Å². The van der Waals surface area contributed by atoms with Crippen LogP contribution in [0.2, 0.25) is 10.0 Å². The van der Waals surface area contributed by atoms with E-state index in [0.29, 0.717) is 22.4 Å². The van der Waals surface area contributed by atoms with E-state index in [0.717, 1.165) is 16.1 Å². The van der Waals surface area contributed by atoms with Crippen LogP contribution in [0.25, 0.3) is 11.3 Å². The number of nitrogens with zero attached hydrogens (tertiary/aromatic N) is 3. The first-order chi connectivity index (χ1) is 11.7. The van der Waals surface area contributed by atoms with Gasteiger partial charge in [-0.25, -0.2) is 4.68 Å². The van der Waals surface area contributed by atoms with Crippen LogP contribution in [0.4, 0.5) is 0 Å². The van der Waals surface area contributed by atoms with Crippen LogP contribution in [0, 0.1) is 0 Å². The lowest BCUT2D eigenvalue weighted by Gasteiger charge is -2.06. The van der Waals surface area contributed by atoms with Gasteiger partial charge < -0.3 is 4.42 Å². The summed E-state index contributed by atoms with van der Waals surface area (Å²) in [6, 6.07) is 8.99. The number of halogens is 2. The summed E-state index contributed by atoms with van der Waals surface area (Å²) in [7, 11) is 0. The van der Waals surface area contributed by atoms with E-state index in [9.17, 15) is 0 Å². The SMILES string of the molecule is C=CCN=c1scc(-c2ccc(Cl)cc2Cl)n1N=Cc1ccco1. The van der Waals surface area contributed by atoms with Gasteiger partial charge in [-0.1, -0.05) is 29.3 Å². The number of hydrogen-bond acceptors (Lipinski definition) is 4. The molecule has 2 aromatic heterocycles. The summed E-state index contributed by atoms with van der Waals surface area (Å²) in [6.45, 7) is 4.20. The molecule has 0 N–H and O–H groups in total. The average Bonchev–Trinajstić information content (AvgIpc) is 3.20. The highest BCUT2D eigenvalue weighted by molar-refractivity contribution is 7.07. The molecule has 2 heterocycles. The van der Waals surface area contributed by atoms with Crippen molar-refractivity contribution in [1.29, 1.82) is 0 Å². The molecule has 3 rings (SSSR count). The molecule has 0 atom stereocenters. The van der Waals surface area contributed by atoms with Crippen LogP contribution in [0.15, 0.2) is 69.1 Å². The Labute approximate surface area is 153 Å². The van der Waals surface area contributed by atoms with Crippen molar-refractivity contribution in [2.45, 2.75) is 0 Å². The second kappa shape index (κ2) is 7.66. The summed E-state index contributed by atoms with van der Waals surface area (Å²) in [4.78, 5) is 5.20. The van der Waals surface area contributed by atoms with Gasteiger partial charge in [0.1, 0.15) is 5.76 Å². The molecule has 3 aromatic rings. The maximum atomic E-state index is 6.34. The highest BCUT2D eigenvalue weighted by atomic mass is 35.5. The van der Waals surface area contributed by atoms with Crippen molar-refractivity contribution in [2.24, 2.45) is 10.1 Å². The summed E-state index contributed by atoms with van der Waals surface area (Å²) in [5, 5.41) is 7.58. The monoisotopic (exact) mass is 377 g/mol. The van der Waals surface area contributed by atoms with Crippen molar-refractivity contribution in [2.75, 3.05) is 6.54 Å². The Morgan fingerprint density at radius 3 is 2.88 bits per heavy atom. The summed E-state index contributed by atoms with van der Waals surface area (Å²) in [5.74, 6) is 0.650. The largest absolute Gasteiger partial charge is 0.463 e. The first kappa shape index (κ1) is 16.8. The third kappa shape index (κ3) is 3.70. The van der Waals surface area contributed by atoms with Crippen LogP contribution in [-0.4, -0.2) is 17.4 Å². The molecule has 0 aliphatic heterocycles. The van der Waals surface area contributed by atoms with E-state index in [4.69, 9.17) is 27.6 Å². The van der Waals surface area contributed by atoms with Crippen LogP contribution in [0.3, 0.4) is 0 Å². The van der Waals surface area contributed by atoms with Crippen molar-refractivity contribution in [3.05, 3.63) is 75.2 Å². The molecule has 0 amide bonds. The average molecular weight is 378 g/mol. The highest BCUT2D eigenvalue weighted by Crippen LogP contribution is 2.30. The molecule has 0 saturated heterocycles. The molecule has 4 nitrogen and oxygen atoms in total. The first-order valence-corrected chi connectivity index (χ1v) is 8.68. The minimum absolute atomic E-state index is 0.505. The van der Waals surface area contributed by atoms with Gasteiger partial charge in [-0.05, 0) is 30.3 Å². The number of hydrogen-bond donors (Lipinski definition) is 0. The Bertz CT molecular complexity index is 939. The van der Waals surface area contributed by atoms with E-state index in [1.165, 1.54) is 11.3 Å². The van der Waals surface area contributed by atoms with E-state index in [1.807, 2.05) is 17.5 Å². The third-order valence-electron chi connectivity index (χ3n) is 3.09. The number of rotatable bonds is 5. The molecule has 0 aliphatic rings. The zero-order valence-electron chi connectivity index (χ0n) is 12.5. The van der Waals surface area contributed by atoms with Gasteiger partial charge in [0.25, 0.3) is 0 Å². The predicted octanol–water partition coefficient (Wildman–Crippen LogP) is 5.09. The van der Waals surface area contributed by atoms with Gasteiger partial charge in [-0.15, -0.1) is 17.9 Å². The second-order valence-corrected chi connectivity index (χ2v) is 6.41. The van der Waals surface area contributed by atoms with E-state index in [1.54, 1.807) is 41.4 Å². The Kier molecular flexibility index (Phi) is 5.35. The normalized spacial score (nSPS) is 12.2. The Morgan fingerprint density at radius 1 is 1.29 bits per heavy atom. The molecule has 122 valence electrons. The molecule has 0 unspecified atom stereocenters. The summed E-state index contributed by atoms with van der Waals surface area (Å²) < 4.78 is 7.02. The fraction of sp³-hybridized carbons (Fsp3) is 0.0588. The molecular weight excluding hydrogens is 365 g/mol. The van der Waals surface area contributed by atoms with Gasteiger partial charge in [0, 0.05) is 16.0 Å². The topological polar surface area (TPSA) is 42.8 Å². The van der Waals surface area contributed by atoms with Crippen molar-refractivity contribution in [3.8, 4) is 11.3 Å². The van der Waals surface area contributed by atoms with Crippen LogP contribution < -0.4 is 4.80 Å². The standard InChI is InChI=1S/C17H13Cl2N3OS/c1-2-7-20-17-22(21-10-13-4-3-8-23-13)16(11-24-17)14-6-5-12(18)9-15(14)19/h2-6,8-11H,1,7H2. The third-order valence-corrected chi connectivity index (χ3v) is 4.49. The highest BCUT2D eigenvalue weighted by Gasteiger charge is 2.11. The minimum atomic E-state index is 0.505. The number of aromatic nitrogens is 1. The van der Waals surface area contributed by atoms with Gasteiger partial charge >= 0.3 is 0 Å². The van der Waals surface area contributed by atoms with Crippen molar-refractivity contribution in [1.82, 2.24) is 4.68 Å². The molecule has 0 spiro atoms. The molecule has 0 aliphatic carbocycles. The van der Waals surface area contributed by atoms with Crippen LogP contribution in [0.1, 0.15) is 5.76 Å². The number of furan rings is 1. The second-order valence-electron chi connectivity index (χ2n) is 4.73. The van der Waals surface area contributed by atoms with Gasteiger partial charge in [0.15, 0.2) is 0 Å². The van der Waals surface area contributed by atoms with Crippen LogP contribution >= 0.6 is 34.5 Å². The fourth-order valence-electron chi connectivity index (χ4n) is 2.02. The van der Waals surface area contributed by atoms with Crippen LogP contribution in [0.5, 0.6) is 0 Å².